The van der Waals surface area contributed by atoms with Gasteiger partial charge in [-0.1, -0.05) is 12.1 Å². The Morgan fingerprint density at radius 3 is 2.77 bits per heavy atom. The van der Waals surface area contributed by atoms with E-state index < -0.39 is 0 Å². The molecule has 4 nitrogen and oxygen atoms in total. The molecule has 1 aromatic carbocycles. The molecular weight excluding hydrogens is 342 g/mol. The fraction of sp³-hybridized carbons (Fsp3) is 0.476. The van der Waals surface area contributed by atoms with Crippen molar-refractivity contribution in [3.8, 4) is 0 Å². The van der Waals surface area contributed by atoms with Crippen molar-refractivity contribution in [1.29, 1.82) is 0 Å². The highest BCUT2D eigenvalue weighted by molar-refractivity contribution is 7.07. The van der Waals surface area contributed by atoms with Gasteiger partial charge >= 0.3 is 0 Å². The molecular formula is C21H29N3OS. The van der Waals surface area contributed by atoms with E-state index in [2.05, 4.69) is 63.1 Å². The number of hydrogen-bond donors (Lipinski definition) is 1. The maximum atomic E-state index is 11.9. The number of nitrogens with one attached hydrogen (secondary N) is 1. The van der Waals surface area contributed by atoms with Crippen molar-refractivity contribution < 1.29 is 4.79 Å². The van der Waals surface area contributed by atoms with Crippen LogP contribution in [0.15, 0.2) is 41.1 Å². The highest BCUT2D eigenvalue weighted by Crippen LogP contribution is 2.17. The molecule has 1 amide bonds. The largest absolute Gasteiger partial charge is 0.369 e. The van der Waals surface area contributed by atoms with E-state index in [0.29, 0.717) is 6.42 Å². The first-order chi connectivity index (χ1) is 12.7. The maximum Gasteiger partial charge on any atom is 0.220 e. The molecule has 1 fully saturated rings. The van der Waals surface area contributed by atoms with Crippen LogP contribution in [0.25, 0.3) is 0 Å². The Bertz CT molecular complexity index is 678. The monoisotopic (exact) mass is 371 g/mol. The van der Waals surface area contributed by atoms with Gasteiger partial charge < -0.3 is 10.2 Å². The molecule has 140 valence electrons. The molecule has 26 heavy (non-hydrogen) atoms. The first-order valence-corrected chi connectivity index (χ1v) is 10.5. The number of rotatable bonds is 8. The smallest absolute Gasteiger partial charge is 0.220 e. The second-order valence-corrected chi connectivity index (χ2v) is 7.78. The van der Waals surface area contributed by atoms with Crippen LogP contribution >= 0.6 is 11.3 Å². The number of piperazine rings is 1. The zero-order chi connectivity index (χ0) is 18.2. The minimum absolute atomic E-state index is 0.167. The lowest BCUT2D eigenvalue weighted by Gasteiger charge is -2.36. The Morgan fingerprint density at radius 2 is 2.04 bits per heavy atom. The lowest BCUT2D eigenvalue weighted by atomic mass is 10.2. The molecule has 0 spiro atoms. The average Bonchev–Trinajstić information content (AvgIpc) is 3.18. The van der Waals surface area contributed by atoms with Gasteiger partial charge in [-0.3, -0.25) is 9.69 Å². The molecule has 0 aliphatic carbocycles. The first kappa shape index (κ1) is 18.9. The molecule has 0 atom stereocenters. The first-order valence-electron chi connectivity index (χ1n) is 9.52. The molecule has 2 aromatic rings. The summed E-state index contributed by atoms with van der Waals surface area (Å²) in [6.07, 6.45) is 2.46. The molecule has 1 aromatic heterocycles. The zero-order valence-corrected chi connectivity index (χ0v) is 16.4. The van der Waals surface area contributed by atoms with Gasteiger partial charge in [0, 0.05) is 44.8 Å². The second kappa shape index (κ2) is 9.74. The molecule has 0 bridgehead atoms. The van der Waals surface area contributed by atoms with Gasteiger partial charge in [-0.05, 0) is 66.4 Å². The van der Waals surface area contributed by atoms with Crippen molar-refractivity contribution in [2.75, 3.05) is 44.2 Å². The zero-order valence-electron chi connectivity index (χ0n) is 15.6. The van der Waals surface area contributed by atoms with Gasteiger partial charge in [0.25, 0.3) is 0 Å². The SMILES string of the molecule is Cc1cccc(N2CCN(CCCNC(=O)CCc3ccsc3)CC2)c1. The molecule has 0 radical (unpaired) electrons. The molecule has 5 heteroatoms. The number of benzene rings is 1. The van der Waals surface area contributed by atoms with Crippen molar-refractivity contribution in [2.45, 2.75) is 26.2 Å². The summed E-state index contributed by atoms with van der Waals surface area (Å²) in [5.41, 5.74) is 3.92. The molecule has 1 N–H and O–H groups in total. The van der Waals surface area contributed by atoms with E-state index in [1.807, 2.05) is 0 Å². The van der Waals surface area contributed by atoms with Crippen molar-refractivity contribution in [1.82, 2.24) is 10.2 Å². The van der Waals surface area contributed by atoms with E-state index in [4.69, 9.17) is 0 Å². The second-order valence-electron chi connectivity index (χ2n) is 7.00. The number of nitrogens with zero attached hydrogens (tertiary/aromatic N) is 2. The van der Waals surface area contributed by atoms with Crippen LogP contribution in [0.1, 0.15) is 24.0 Å². The molecule has 3 rings (SSSR count). The van der Waals surface area contributed by atoms with E-state index in [1.54, 1.807) is 11.3 Å². The fourth-order valence-corrected chi connectivity index (χ4v) is 4.07. The normalized spacial score (nSPS) is 15.2. The molecule has 1 aliphatic rings. The highest BCUT2D eigenvalue weighted by atomic mass is 32.1. The summed E-state index contributed by atoms with van der Waals surface area (Å²) >= 11 is 1.69. The Morgan fingerprint density at radius 1 is 1.19 bits per heavy atom. The number of carbonyl (C=O) groups excluding carboxylic acids is 1. The minimum atomic E-state index is 0.167. The number of hydrogen-bond acceptors (Lipinski definition) is 4. The predicted octanol–water partition coefficient (Wildman–Crippen LogP) is 3.32. The van der Waals surface area contributed by atoms with E-state index in [9.17, 15) is 4.79 Å². The number of aryl methyl sites for hydroxylation is 2. The molecule has 2 heterocycles. The summed E-state index contributed by atoms with van der Waals surface area (Å²) in [6.45, 7) is 8.34. The van der Waals surface area contributed by atoms with Gasteiger partial charge in [-0.2, -0.15) is 11.3 Å². The summed E-state index contributed by atoms with van der Waals surface area (Å²) < 4.78 is 0. The quantitative estimate of drug-likeness (QED) is 0.723. The molecule has 0 unspecified atom stereocenters. The Balaban J connectivity index is 1.27. The van der Waals surface area contributed by atoms with Gasteiger partial charge in [0.15, 0.2) is 0 Å². The lowest BCUT2D eigenvalue weighted by Crippen LogP contribution is -2.47. The van der Waals surface area contributed by atoms with Crippen molar-refractivity contribution >= 4 is 22.9 Å². The van der Waals surface area contributed by atoms with Crippen molar-refractivity contribution in [2.24, 2.45) is 0 Å². The van der Waals surface area contributed by atoms with Gasteiger partial charge in [-0.25, -0.2) is 0 Å². The fourth-order valence-electron chi connectivity index (χ4n) is 3.37. The van der Waals surface area contributed by atoms with Crippen LogP contribution in [0.2, 0.25) is 0 Å². The van der Waals surface area contributed by atoms with Crippen LogP contribution in [-0.2, 0) is 11.2 Å². The average molecular weight is 372 g/mol. The van der Waals surface area contributed by atoms with Crippen molar-refractivity contribution in [3.05, 3.63) is 52.2 Å². The van der Waals surface area contributed by atoms with Crippen molar-refractivity contribution in [3.63, 3.8) is 0 Å². The number of carbonyl (C=O) groups is 1. The standard InChI is InChI=1S/C21H29N3OS/c1-18-4-2-5-20(16-18)24-13-11-23(12-14-24)10-3-9-22-21(25)7-6-19-8-15-26-17-19/h2,4-5,8,15-17H,3,6-7,9-14H2,1H3,(H,22,25). The van der Waals surface area contributed by atoms with E-state index >= 15 is 0 Å². The third kappa shape index (κ3) is 5.85. The number of anilines is 1. The Labute approximate surface area is 160 Å². The minimum Gasteiger partial charge on any atom is -0.369 e. The highest BCUT2D eigenvalue weighted by Gasteiger charge is 2.16. The van der Waals surface area contributed by atoms with E-state index in [-0.39, 0.29) is 5.91 Å². The van der Waals surface area contributed by atoms with Gasteiger partial charge in [0.1, 0.15) is 0 Å². The van der Waals surface area contributed by atoms with Crippen LogP contribution < -0.4 is 10.2 Å². The predicted molar refractivity (Wildman–Crippen MR) is 110 cm³/mol. The summed E-state index contributed by atoms with van der Waals surface area (Å²) in [5.74, 6) is 0.167. The molecule has 1 saturated heterocycles. The number of thiophene rings is 1. The van der Waals surface area contributed by atoms with Crippen LogP contribution in [0.3, 0.4) is 0 Å². The van der Waals surface area contributed by atoms with E-state index in [1.165, 1.54) is 16.8 Å². The molecule has 1 aliphatic heterocycles. The van der Waals surface area contributed by atoms with Crippen LogP contribution in [0, 0.1) is 6.92 Å². The van der Waals surface area contributed by atoms with Crippen LogP contribution in [-0.4, -0.2) is 50.1 Å². The van der Waals surface area contributed by atoms with Crippen LogP contribution in [0.5, 0.6) is 0 Å². The number of amides is 1. The Kier molecular flexibility index (Phi) is 7.09. The topological polar surface area (TPSA) is 35.6 Å². The maximum absolute atomic E-state index is 11.9. The summed E-state index contributed by atoms with van der Waals surface area (Å²) in [7, 11) is 0. The Hall–Kier alpha value is -1.85. The summed E-state index contributed by atoms with van der Waals surface area (Å²) in [4.78, 5) is 16.9. The van der Waals surface area contributed by atoms with E-state index in [0.717, 1.165) is 52.1 Å². The van der Waals surface area contributed by atoms with Gasteiger partial charge in [0.2, 0.25) is 5.91 Å². The third-order valence-corrected chi connectivity index (χ3v) is 5.67. The lowest BCUT2D eigenvalue weighted by molar-refractivity contribution is -0.121. The third-order valence-electron chi connectivity index (χ3n) is 4.93. The summed E-state index contributed by atoms with van der Waals surface area (Å²) in [6, 6.07) is 10.8. The molecule has 0 saturated carbocycles. The van der Waals surface area contributed by atoms with Crippen LogP contribution in [0.4, 0.5) is 5.69 Å². The van der Waals surface area contributed by atoms with Gasteiger partial charge in [-0.15, -0.1) is 0 Å². The summed E-state index contributed by atoms with van der Waals surface area (Å²) in [5, 5.41) is 7.23. The van der Waals surface area contributed by atoms with Gasteiger partial charge in [0.05, 0.1) is 0 Å².